The van der Waals surface area contributed by atoms with Gasteiger partial charge in [-0.3, -0.25) is 4.79 Å². The summed E-state index contributed by atoms with van der Waals surface area (Å²) in [6.45, 7) is 9.13. The first-order valence-electron chi connectivity index (χ1n) is 7.78. The summed E-state index contributed by atoms with van der Waals surface area (Å²) in [5, 5.41) is 0.365. The molecule has 2 heterocycles. The molecule has 2 amide bonds. The molecule has 1 aliphatic heterocycles. The van der Waals surface area contributed by atoms with Crippen LogP contribution in [0.1, 0.15) is 38.1 Å². The second kappa shape index (κ2) is 6.84. The van der Waals surface area contributed by atoms with Crippen molar-refractivity contribution in [1.29, 1.82) is 0 Å². The van der Waals surface area contributed by atoms with Crippen LogP contribution in [0.15, 0.2) is 12.3 Å². The quantitative estimate of drug-likeness (QED) is 0.880. The van der Waals surface area contributed by atoms with Crippen molar-refractivity contribution in [2.45, 2.75) is 39.3 Å². The number of pyridine rings is 1. The fourth-order valence-electron chi connectivity index (χ4n) is 2.54. The largest absolute Gasteiger partial charge is 0.444 e. The number of hydrogen-bond donors (Lipinski definition) is 1. The summed E-state index contributed by atoms with van der Waals surface area (Å²) in [4.78, 5) is 31.4. The van der Waals surface area contributed by atoms with E-state index in [-0.39, 0.29) is 17.7 Å². The molecule has 0 bridgehead atoms. The molecule has 1 aromatic rings. The number of carbonyl (C=O) groups excluding carboxylic acids is 2. The Hall–Kier alpha value is -2.02. The first kappa shape index (κ1) is 18.3. The van der Waals surface area contributed by atoms with Crippen molar-refractivity contribution in [2.24, 2.45) is 5.73 Å². The van der Waals surface area contributed by atoms with Gasteiger partial charge in [0, 0.05) is 31.9 Å². The van der Waals surface area contributed by atoms with Crippen LogP contribution >= 0.6 is 11.6 Å². The van der Waals surface area contributed by atoms with E-state index in [0.717, 1.165) is 0 Å². The van der Waals surface area contributed by atoms with Crippen LogP contribution in [0.2, 0.25) is 5.02 Å². The molecule has 0 radical (unpaired) electrons. The zero-order chi connectivity index (χ0) is 18.1. The number of rotatable bonds is 2. The first-order valence-corrected chi connectivity index (χ1v) is 8.16. The Balaban J connectivity index is 2.08. The number of nitrogens with two attached hydrogens (primary N) is 1. The molecule has 0 unspecified atom stereocenters. The van der Waals surface area contributed by atoms with Crippen molar-refractivity contribution in [3.63, 3.8) is 0 Å². The lowest BCUT2D eigenvalue weighted by Crippen LogP contribution is -2.55. The molecule has 0 saturated carbocycles. The molecule has 7 nitrogen and oxygen atoms in total. The van der Waals surface area contributed by atoms with E-state index in [2.05, 4.69) is 4.98 Å². The number of anilines is 1. The third-order valence-corrected chi connectivity index (χ3v) is 3.94. The van der Waals surface area contributed by atoms with Gasteiger partial charge in [0.2, 0.25) is 5.91 Å². The van der Waals surface area contributed by atoms with E-state index < -0.39 is 11.5 Å². The van der Waals surface area contributed by atoms with Crippen LogP contribution < -0.4 is 10.6 Å². The second-order valence-electron chi connectivity index (χ2n) is 6.86. The lowest BCUT2D eigenvalue weighted by Gasteiger charge is -2.40. The zero-order valence-corrected chi connectivity index (χ0v) is 15.1. The molecule has 0 aromatic carbocycles. The van der Waals surface area contributed by atoms with Gasteiger partial charge >= 0.3 is 6.09 Å². The predicted octanol–water partition coefficient (Wildman–Crippen LogP) is 2.28. The Kier molecular flexibility index (Phi) is 5.22. The summed E-state index contributed by atoms with van der Waals surface area (Å²) >= 11 is 6.22. The van der Waals surface area contributed by atoms with Crippen molar-refractivity contribution in [2.75, 3.05) is 24.5 Å². The summed E-state index contributed by atoms with van der Waals surface area (Å²) in [6.07, 6.45) is 1.09. The summed E-state index contributed by atoms with van der Waals surface area (Å²) in [5.74, 6) is 0.0106. The molecule has 1 aliphatic rings. The monoisotopic (exact) mass is 354 g/mol. The Morgan fingerprint density at radius 3 is 2.54 bits per heavy atom. The fourth-order valence-corrected chi connectivity index (χ4v) is 2.83. The van der Waals surface area contributed by atoms with Crippen LogP contribution in [0.5, 0.6) is 0 Å². The summed E-state index contributed by atoms with van der Waals surface area (Å²) in [7, 11) is 0. The van der Waals surface area contributed by atoms with Gasteiger partial charge < -0.3 is 20.3 Å². The Morgan fingerprint density at radius 1 is 1.38 bits per heavy atom. The highest BCUT2D eigenvalue weighted by Gasteiger charge is 2.31. The molecule has 0 spiro atoms. The predicted molar refractivity (Wildman–Crippen MR) is 92.4 cm³/mol. The number of amides is 2. The summed E-state index contributed by atoms with van der Waals surface area (Å²) < 4.78 is 5.43. The molecule has 1 atom stereocenters. The van der Waals surface area contributed by atoms with E-state index in [0.29, 0.717) is 30.5 Å². The molecule has 0 aliphatic carbocycles. The average molecular weight is 355 g/mol. The topological polar surface area (TPSA) is 88.8 Å². The number of nitrogens with zero attached hydrogens (tertiary/aromatic N) is 3. The van der Waals surface area contributed by atoms with Crippen molar-refractivity contribution in [3.8, 4) is 0 Å². The molecule has 132 valence electrons. The molecule has 8 heteroatoms. The minimum absolute atomic E-state index is 0.0534. The number of carbonyl (C=O) groups is 2. The molecule has 1 saturated heterocycles. The van der Waals surface area contributed by atoms with Crippen molar-refractivity contribution in [3.05, 3.63) is 22.8 Å². The van der Waals surface area contributed by atoms with E-state index in [1.54, 1.807) is 4.90 Å². The van der Waals surface area contributed by atoms with Crippen LogP contribution in [0, 0.1) is 0 Å². The van der Waals surface area contributed by atoms with Crippen LogP contribution in [-0.2, 0) is 4.74 Å². The van der Waals surface area contributed by atoms with Gasteiger partial charge in [0.25, 0.3) is 0 Å². The maximum Gasteiger partial charge on any atom is 0.410 e. The van der Waals surface area contributed by atoms with Gasteiger partial charge in [0.15, 0.2) is 0 Å². The lowest BCUT2D eigenvalue weighted by molar-refractivity contribution is 0.0158. The summed E-state index contributed by atoms with van der Waals surface area (Å²) in [6, 6.07) is 1.46. The van der Waals surface area contributed by atoms with Gasteiger partial charge in [-0.05, 0) is 33.8 Å². The van der Waals surface area contributed by atoms with Gasteiger partial charge in [0.05, 0.1) is 10.6 Å². The third kappa shape index (κ3) is 4.29. The molecule has 2 N–H and O–H groups in total. The van der Waals surface area contributed by atoms with E-state index >= 15 is 0 Å². The Labute approximate surface area is 146 Å². The number of halogens is 1. The standard InChI is InChI=1S/C16H23ClN4O3/c1-10-9-20(5-6-21(10)15(23)24-16(2,3)4)14-12(17)7-11(8-19-14)13(18)22/h7-8,10H,5-6,9H2,1-4H3,(H2,18,22)/t10-/m1/s1. The summed E-state index contributed by atoms with van der Waals surface area (Å²) in [5.41, 5.74) is 4.97. The van der Waals surface area contributed by atoms with Crippen LogP contribution in [0.25, 0.3) is 0 Å². The third-order valence-electron chi connectivity index (χ3n) is 3.66. The number of aromatic nitrogens is 1. The number of piperazine rings is 1. The molecule has 2 rings (SSSR count). The lowest BCUT2D eigenvalue weighted by atomic mass is 10.2. The minimum atomic E-state index is -0.570. The smallest absolute Gasteiger partial charge is 0.410 e. The van der Waals surface area contributed by atoms with Crippen LogP contribution in [0.4, 0.5) is 10.6 Å². The van der Waals surface area contributed by atoms with E-state index in [4.69, 9.17) is 22.1 Å². The van der Waals surface area contributed by atoms with Crippen molar-refractivity contribution in [1.82, 2.24) is 9.88 Å². The molecule has 1 aromatic heterocycles. The van der Waals surface area contributed by atoms with Crippen molar-refractivity contribution < 1.29 is 14.3 Å². The van der Waals surface area contributed by atoms with Crippen molar-refractivity contribution >= 4 is 29.4 Å². The van der Waals surface area contributed by atoms with Gasteiger partial charge in [-0.25, -0.2) is 9.78 Å². The maximum atomic E-state index is 12.2. The Bertz CT molecular complexity index is 645. The Morgan fingerprint density at radius 2 is 2.04 bits per heavy atom. The van der Waals surface area contributed by atoms with Crippen LogP contribution in [-0.4, -0.2) is 53.2 Å². The highest BCUT2D eigenvalue weighted by molar-refractivity contribution is 6.33. The van der Waals surface area contributed by atoms with Gasteiger partial charge in [0.1, 0.15) is 11.4 Å². The molecular formula is C16H23ClN4O3. The van der Waals surface area contributed by atoms with Gasteiger partial charge in [-0.15, -0.1) is 0 Å². The SMILES string of the molecule is C[C@@H]1CN(c2ncc(C(N)=O)cc2Cl)CCN1C(=O)OC(C)(C)C. The number of hydrogen-bond acceptors (Lipinski definition) is 5. The van der Waals surface area contributed by atoms with E-state index in [1.165, 1.54) is 12.3 Å². The number of primary amides is 1. The highest BCUT2D eigenvalue weighted by Crippen LogP contribution is 2.26. The highest BCUT2D eigenvalue weighted by atomic mass is 35.5. The van der Waals surface area contributed by atoms with E-state index in [1.807, 2.05) is 32.6 Å². The maximum absolute atomic E-state index is 12.2. The average Bonchev–Trinajstić information content (AvgIpc) is 2.44. The normalized spacial score (nSPS) is 18.5. The second-order valence-corrected chi connectivity index (χ2v) is 7.27. The zero-order valence-electron chi connectivity index (χ0n) is 14.4. The first-order chi connectivity index (χ1) is 11.1. The van der Waals surface area contributed by atoms with Gasteiger partial charge in [-0.2, -0.15) is 0 Å². The van der Waals surface area contributed by atoms with Crippen LogP contribution in [0.3, 0.4) is 0 Å². The van der Waals surface area contributed by atoms with E-state index in [9.17, 15) is 9.59 Å². The molecule has 24 heavy (non-hydrogen) atoms. The fraction of sp³-hybridized carbons (Fsp3) is 0.562. The molecule has 1 fully saturated rings. The minimum Gasteiger partial charge on any atom is -0.444 e. The molecular weight excluding hydrogens is 332 g/mol. The number of ether oxygens (including phenoxy) is 1. The van der Waals surface area contributed by atoms with Gasteiger partial charge in [-0.1, -0.05) is 11.6 Å².